The average molecular weight is 130 g/mol. The van der Waals surface area contributed by atoms with E-state index in [4.69, 9.17) is 5.11 Å². The van der Waals surface area contributed by atoms with Gasteiger partial charge in [-0.15, -0.1) is 0 Å². The van der Waals surface area contributed by atoms with Crippen LogP contribution in [0.4, 0.5) is 0 Å². The molecule has 1 unspecified atom stereocenters. The molecule has 0 aromatic heterocycles. The maximum Gasteiger partial charge on any atom is 0.0827 e. The fourth-order valence-electron chi connectivity index (χ4n) is 1.49. The van der Waals surface area contributed by atoms with Crippen molar-refractivity contribution in [3.63, 3.8) is 0 Å². The van der Waals surface area contributed by atoms with E-state index >= 15 is 0 Å². The smallest absolute Gasteiger partial charge is 0.0827 e. The first-order chi connectivity index (χ1) is 4.25. The Bertz CT molecular complexity index is 92.9. The average Bonchev–Trinajstić information content (AvgIpc) is 2.15. The van der Waals surface area contributed by atoms with E-state index in [0.29, 0.717) is 5.92 Å². The summed E-state index contributed by atoms with van der Waals surface area (Å²) in [4.78, 5) is 0. The fraction of sp³-hybridized carbons (Fsp3) is 1.00. The van der Waals surface area contributed by atoms with Crippen molar-refractivity contribution in [3.8, 4) is 0 Å². The highest BCUT2D eigenvalue weighted by atomic mass is 16.3. The third-order valence-corrected chi connectivity index (χ3v) is 2.23. The highest BCUT2D eigenvalue weighted by Crippen LogP contribution is 2.27. The minimum atomic E-state index is -0.449. The first kappa shape index (κ1) is 7.03. The van der Waals surface area contributed by atoms with Crippen LogP contribution >= 0.6 is 0 Å². The Morgan fingerprint density at radius 3 is 2.22 bits per heavy atom. The third kappa shape index (κ3) is 1.25. The van der Waals surface area contributed by atoms with E-state index in [-0.39, 0.29) is 0 Å². The van der Waals surface area contributed by atoms with Crippen LogP contribution in [-0.2, 0) is 0 Å². The lowest BCUT2D eigenvalue weighted by molar-refractivity contribution is 0.0199. The summed E-state index contributed by atoms with van der Waals surface area (Å²) >= 11 is 0. The van der Waals surface area contributed by atoms with Crippen molar-refractivity contribution < 1.29 is 10.2 Å². The van der Waals surface area contributed by atoms with Crippen LogP contribution in [0, 0.1) is 5.92 Å². The van der Waals surface area contributed by atoms with Crippen LogP contribution in [-0.4, -0.2) is 22.4 Å². The molecule has 1 rings (SSSR count). The van der Waals surface area contributed by atoms with Crippen LogP contribution in [0.1, 0.15) is 26.2 Å². The normalized spacial score (nSPS) is 43.7. The van der Waals surface area contributed by atoms with E-state index in [1.165, 1.54) is 0 Å². The molecule has 0 aromatic carbocycles. The molecule has 2 heteroatoms. The number of hydrogen-bond donors (Lipinski definition) is 2. The molecule has 9 heavy (non-hydrogen) atoms. The Hall–Kier alpha value is -0.0800. The zero-order chi connectivity index (χ0) is 6.85. The molecule has 1 aliphatic carbocycles. The lowest BCUT2D eigenvalue weighted by Gasteiger charge is -2.13. The molecule has 0 heterocycles. The highest BCUT2D eigenvalue weighted by molar-refractivity contribution is 4.82. The summed E-state index contributed by atoms with van der Waals surface area (Å²) in [7, 11) is 0. The molecule has 1 fully saturated rings. The summed E-state index contributed by atoms with van der Waals surface area (Å²) in [5.74, 6) is 0.347. The Morgan fingerprint density at radius 1 is 1.33 bits per heavy atom. The third-order valence-electron chi connectivity index (χ3n) is 2.23. The van der Waals surface area contributed by atoms with Crippen molar-refractivity contribution in [2.45, 2.75) is 38.4 Å². The highest BCUT2D eigenvalue weighted by Gasteiger charge is 2.31. The number of hydrogen-bond acceptors (Lipinski definition) is 2. The predicted octanol–water partition coefficient (Wildman–Crippen LogP) is 0.528. The maximum atomic E-state index is 9.21. The van der Waals surface area contributed by atoms with Gasteiger partial charge in [0.25, 0.3) is 0 Å². The van der Waals surface area contributed by atoms with E-state index in [1.54, 1.807) is 0 Å². The second-order valence-electron chi connectivity index (χ2n) is 2.80. The second kappa shape index (κ2) is 2.67. The van der Waals surface area contributed by atoms with Gasteiger partial charge in [0.1, 0.15) is 0 Å². The molecule has 0 amide bonds. The van der Waals surface area contributed by atoms with Gasteiger partial charge in [0.2, 0.25) is 0 Å². The Balaban J connectivity index is 2.41. The minimum Gasteiger partial charge on any atom is -0.390 e. The molecule has 0 bridgehead atoms. The SMILES string of the molecule is CCC1CC[C@H](O)[C@@H]1O. The molecule has 3 atom stereocenters. The summed E-state index contributed by atoms with van der Waals surface area (Å²) in [5.41, 5.74) is 0. The van der Waals surface area contributed by atoms with Gasteiger partial charge >= 0.3 is 0 Å². The molecule has 1 saturated carbocycles. The predicted molar refractivity (Wildman–Crippen MR) is 35.0 cm³/mol. The van der Waals surface area contributed by atoms with Gasteiger partial charge in [0.05, 0.1) is 12.2 Å². The number of aliphatic hydroxyl groups is 2. The van der Waals surface area contributed by atoms with Crippen molar-refractivity contribution in [1.82, 2.24) is 0 Å². The monoisotopic (exact) mass is 130 g/mol. The fourth-order valence-corrected chi connectivity index (χ4v) is 1.49. The van der Waals surface area contributed by atoms with Crippen LogP contribution in [0.2, 0.25) is 0 Å². The van der Waals surface area contributed by atoms with Crippen LogP contribution in [0.3, 0.4) is 0 Å². The van der Waals surface area contributed by atoms with Crippen molar-refractivity contribution in [1.29, 1.82) is 0 Å². The van der Waals surface area contributed by atoms with E-state index in [9.17, 15) is 5.11 Å². The van der Waals surface area contributed by atoms with E-state index in [2.05, 4.69) is 0 Å². The lowest BCUT2D eigenvalue weighted by Crippen LogP contribution is -2.24. The van der Waals surface area contributed by atoms with Crippen LogP contribution < -0.4 is 0 Å². The second-order valence-corrected chi connectivity index (χ2v) is 2.80. The summed E-state index contributed by atoms with van der Waals surface area (Å²) in [6.45, 7) is 2.05. The summed E-state index contributed by atoms with van der Waals surface area (Å²) in [5, 5.41) is 18.3. The minimum absolute atomic E-state index is 0.347. The Kier molecular flexibility index (Phi) is 2.09. The molecular weight excluding hydrogens is 116 g/mol. The molecule has 0 saturated heterocycles. The van der Waals surface area contributed by atoms with Crippen molar-refractivity contribution in [2.75, 3.05) is 0 Å². The zero-order valence-corrected chi connectivity index (χ0v) is 5.75. The van der Waals surface area contributed by atoms with Gasteiger partial charge < -0.3 is 10.2 Å². The first-order valence-corrected chi connectivity index (χ1v) is 3.61. The van der Waals surface area contributed by atoms with Crippen molar-refractivity contribution in [2.24, 2.45) is 5.92 Å². The molecule has 54 valence electrons. The molecule has 0 aromatic rings. The van der Waals surface area contributed by atoms with Gasteiger partial charge in [0, 0.05) is 0 Å². The molecule has 0 spiro atoms. The summed E-state index contributed by atoms with van der Waals surface area (Å²) in [6, 6.07) is 0. The van der Waals surface area contributed by atoms with Gasteiger partial charge in [-0.1, -0.05) is 13.3 Å². The van der Waals surface area contributed by atoms with Gasteiger partial charge in [-0.25, -0.2) is 0 Å². The van der Waals surface area contributed by atoms with Crippen LogP contribution in [0.15, 0.2) is 0 Å². The molecule has 2 N–H and O–H groups in total. The quantitative estimate of drug-likeness (QED) is 0.543. The summed E-state index contributed by atoms with van der Waals surface area (Å²) < 4.78 is 0. The van der Waals surface area contributed by atoms with Gasteiger partial charge in [0.15, 0.2) is 0 Å². The van der Waals surface area contributed by atoms with Gasteiger partial charge in [-0.2, -0.15) is 0 Å². The van der Waals surface area contributed by atoms with Crippen LogP contribution in [0.25, 0.3) is 0 Å². The standard InChI is InChI=1S/C7H14O2/c1-2-5-3-4-6(8)7(5)9/h5-9H,2-4H2,1H3/t5?,6-,7+/m0/s1. The number of rotatable bonds is 1. The maximum absolute atomic E-state index is 9.21. The molecular formula is C7H14O2. The Labute approximate surface area is 55.5 Å². The first-order valence-electron chi connectivity index (χ1n) is 3.61. The van der Waals surface area contributed by atoms with Crippen molar-refractivity contribution >= 4 is 0 Å². The number of aliphatic hydroxyl groups excluding tert-OH is 2. The Morgan fingerprint density at radius 2 is 2.00 bits per heavy atom. The van der Waals surface area contributed by atoms with Crippen molar-refractivity contribution in [3.05, 3.63) is 0 Å². The van der Waals surface area contributed by atoms with E-state index < -0.39 is 12.2 Å². The van der Waals surface area contributed by atoms with Gasteiger partial charge in [-0.3, -0.25) is 0 Å². The van der Waals surface area contributed by atoms with E-state index in [0.717, 1.165) is 19.3 Å². The van der Waals surface area contributed by atoms with E-state index in [1.807, 2.05) is 6.92 Å². The summed E-state index contributed by atoms with van der Waals surface area (Å²) in [6.07, 6.45) is 1.85. The largest absolute Gasteiger partial charge is 0.390 e. The molecule has 0 radical (unpaired) electrons. The topological polar surface area (TPSA) is 40.5 Å². The lowest BCUT2D eigenvalue weighted by atomic mass is 10.0. The molecule has 1 aliphatic rings. The molecule has 0 aliphatic heterocycles. The molecule has 2 nitrogen and oxygen atoms in total. The zero-order valence-electron chi connectivity index (χ0n) is 5.75. The van der Waals surface area contributed by atoms with Crippen LogP contribution in [0.5, 0.6) is 0 Å². The van der Waals surface area contributed by atoms with Gasteiger partial charge in [-0.05, 0) is 18.8 Å².